The fourth-order valence-electron chi connectivity index (χ4n) is 1.42. The van der Waals surface area contributed by atoms with Crippen LogP contribution in [0.1, 0.15) is 20.8 Å². The van der Waals surface area contributed by atoms with Crippen LogP contribution >= 0.6 is 0 Å². The van der Waals surface area contributed by atoms with E-state index in [1.54, 1.807) is 0 Å². The summed E-state index contributed by atoms with van der Waals surface area (Å²) in [5.41, 5.74) is 7.86. The molecular weight excluding hydrogens is 150 g/mol. The molecule has 0 aromatic heterocycles. The first kappa shape index (κ1) is 10.9. The summed E-state index contributed by atoms with van der Waals surface area (Å²) in [6.45, 7) is 7.62. The summed E-state index contributed by atoms with van der Waals surface area (Å²) in [7, 11) is -0.999. The van der Waals surface area contributed by atoms with E-state index in [4.69, 9.17) is 5.73 Å². The lowest BCUT2D eigenvalue weighted by atomic mass is 10.7. The molecular formula is C9H21NSi. The smallest absolute Gasteiger partial charge is 0.0766 e. The molecule has 66 valence electrons. The monoisotopic (exact) mass is 171 g/mol. The Morgan fingerprint density at radius 2 is 1.55 bits per heavy atom. The van der Waals surface area contributed by atoms with Crippen molar-refractivity contribution in [3.8, 4) is 0 Å². The van der Waals surface area contributed by atoms with E-state index in [1.807, 2.05) is 0 Å². The second-order valence-electron chi connectivity index (χ2n) is 3.06. The van der Waals surface area contributed by atoms with Gasteiger partial charge in [-0.2, -0.15) is 0 Å². The van der Waals surface area contributed by atoms with E-state index in [9.17, 15) is 0 Å². The van der Waals surface area contributed by atoms with Crippen molar-refractivity contribution in [2.24, 2.45) is 5.73 Å². The summed E-state index contributed by atoms with van der Waals surface area (Å²) in [5.74, 6) is 0. The van der Waals surface area contributed by atoms with Gasteiger partial charge in [-0.05, 0) is 0 Å². The van der Waals surface area contributed by atoms with Crippen LogP contribution in [0.25, 0.3) is 0 Å². The standard InChI is InChI=1S/C9H21NSi/c1-4-11(5-2,6-3)9-7-8-10/h7,9H,4-6,8,10H2,1-3H3/b9-7+. The van der Waals surface area contributed by atoms with E-state index in [-0.39, 0.29) is 0 Å². The summed E-state index contributed by atoms with van der Waals surface area (Å²) >= 11 is 0. The van der Waals surface area contributed by atoms with Crippen molar-refractivity contribution in [3.63, 3.8) is 0 Å². The van der Waals surface area contributed by atoms with Crippen molar-refractivity contribution >= 4 is 8.07 Å². The molecule has 0 aliphatic carbocycles. The van der Waals surface area contributed by atoms with E-state index in [0.717, 1.165) is 0 Å². The summed E-state index contributed by atoms with van der Waals surface area (Å²) in [5, 5.41) is 0. The SMILES string of the molecule is CC[Si](/C=C/CN)(CC)CC. The fraction of sp³-hybridized carbons (Fsp3) is 0.778. The molecule has 0 fully saturated rings. The van der Waals surface area contributed by atoms with Crippen LogP contribution in [0.4, 0.5) is 0 Å². The Hall–Kier alpha value is -0.0831. The molecule has 0 aliphatic heterocycles. The highest BCUT2D eigenvalue weighted by Gasteiger charge is 2.22. The number of rotatable bonds is 5. The Morgan fingerprint density at radius 1 is 1.09 bits per heavy atom. The molecule has 0 saturated carbocycles. The largest absolute Gasteiger partial charge is 0.327 e. The van der Waals surface area contributed by atoms with Gasteiger partial charge >= 0.3 is 0 Å². The zero-order valence-corrected chi connectivity index (χ0v) is 9.06. The fourth-order valence-corrected chi connectivity index (χ4v) is 4.26. The first-order valence-electron chi connectivity index (χ1n) is 4.62. The first-order valence-corrected chi connectivity index (χ1v) is 7.32. The highest BCUT2D eigenvalue weighted by Crippen LogP contribution is 2.20. The third-order valence-electron chi connectivity index (χ3n) is 2.72. The third kappa shape index (κ3) is 3.21. The summed E-state index contributed by atoms with van der Waals surface area (Å²) in [6.07, 6.45) is 2.14. The van der Waals surface area contributed by atoms with Crippen molar-refractivity contribution in [2.45, 2.75) is 38.9 Å². The lowest BCUT2D eigenvalue weighted by molar-refractivity contribution is 1.18. The number of hydrogen-bond donors (Lipinski definition) is 1. The molecule has 11 heavy (non-hydrogen) atoms. The van der Waals surface area contributed by atoms with Crippen LogP contribution in [0.5, 0.6) is 0 Å². The average Bonchev–Trinajstić information content (AvgIpc) is 2.08. The molecule has 1 nitrogen and oxygen atoms in total. The Labute approximate surface area is 71.7 Å². The van der Waals surface area contributed by atoms with Gasteiger partial charge in [0.15, 0.2) is 0 Å². The molecule has 0 rings (SSSR count). The molecule has 0 spiro atoms. The number of nitrogens with two attached hydrogens (primary N) is 1. The lowest BCUT2D eigenvalue weighted by Gasteiger charge is -2.23. The summed E-state index contributed by atoms with van der Waals surface area (Å²) in [6, 6.07) is 4.07. The van der Waals surface area contributed by atoms with Gasteiger partial charge in [0.2, 0.25) is 0 Å². The zero-order chi connectivity index (χ0) is 8.74. The second-order valence-corrected chi connectivity index (χ2v) is 8.24. The molecule has 2 heteroatoms. The van der Waals surface area contributed by atoms with Gasteiger partial charge in [-0.3, -0.25) is 0 Å². The minimum Gasteiger partial charge on any atom is -0.327 e. The molecule has 2 N–H and O–H groups in total. The van der Waals surface area contributed by atoms with Gasteiger partial charge < -0.3 is 5.73 Å². The number of hydrogen-bond acceptors (Lipinski definition) is 1. The van der Waals surface area contributed by atoms with Crippen LogP contribution < -0.4 is 5.73 Å². The van der Waals surface area contributed by atoms with E-state index in [2.05, 4.69) is 32.5 Å². The van der Waals surface area contributed by atoms with Crippen molar-refractivity contribution in [3.05, 3.63) is 11.8 Å². The molecule has 0 aliphatic rings. The van der Waals surface area contributed by atoms with Crippen LogP contribution in [0, 0.1) is 0 Å². The first-order chi connectivity index (χ1) is 5.24. The molecule has 0 heterocycles. The average molecular weight is 171 g/mol. The Bertz CT molecular complexity index is 108. The Morgan fingerprint density at radius 3 is 1.82 bits per heavy atom. The highest BCUT2D eigenvalue weighted by molar-refractivity contribution is 6.84. The van der Waals surface area contributed by atoms with Crippen molar-refractivity contribution in [2.75, 3.05) is 6.54 Å². The molecule has 0 bridgehead atoms. The normalized spacial score (nSPS) is 12.7. The minimum absolute atomic E-state index is 0.703. The third-order valence-corrected chi connectivity index (χ3v) is 7.89. The van der Waals surface area contributed by atoms with Gasteiger partial charge in [0.05, 0.1) is 8.07 Å². The molecule has 0 radical (unpaired) electrons. The highest BCUT2D eigenvalue weighted by atomic mass is 28.3. The molecule has 0 aromatic carbocycles. The minimum atomic E-state index is -0.999. The van der Waals surface area contributed by atoms with Gasteiger partial charge in [-0.15, -0.1) is 0 Å². The zero-order valence-electron chi connectivity index (χ0n) is 8.06. The van der Waals surface area contributed by atoms with E-state index >= 15 is 0 Å². The summed E-state index contributed by atoms with van der Waals surface area (Å²) in [4.78, 5) is 0. The van der Waals surface area contributed by atoms with Crippen molar-refractivity contribution in [1.29, 1.82) is 0 Å². The molecule has 0 saturated heterocycles. The Balaban J connectivity index is 4.16. The van der Waals surface area contributed by atoms with Crippen LogP contribution in [-0.4, -0.2) is 14.6 Å². The summed E-state index contributed by atoms with van der Waals surface area (Å²) < 4.78 is 0. The quantitative estimate of drug-likeness (QED) is 0.632. The van der Waals surface area contributed by atoms with Crippen LogP contribution in [0.15, 0.2) is 11.8 Å². The van der Waals surface area contributed by atoms with Crippen LogP contribution in [0.2, 0.25) is 18.1 Å². The maximum Gasteiger partial charge on any atom is 0.0766 e. The maximum atomic E-state index is 5.44. The van der Waals surface area contributed by atoms with E-state index in [0.29, 0.717) is 6.54 Å². The van der Waals surface area contributed by atoms with Crippen LogP contribution in [-0.2, 0) is 0 Å². The van der Waals surface area contributed by atoms with Gasteiger partial charge in [0.1, 0.15) is 0 Å². The van der Waals surface area contributed by atoms with Crippen molar-refractivity contribution < 1.29 is 0 Å². The molecule has 0 aromatic rings. The molecule has 0 amide bonds. The predicted molar refractivity (Wildman–Crippen MR) is 55.4 cm³/mol. The van der Waals surface area contributed by atoms with E-state index in [1.165, 1.54) is 18.1 Å². The van der Waals surface area contributed by atoms with Gasteiger partial charge in [-0.1, -0.05) is 50.7 Å². The maximum absolute atomic E-state index is 5.44. The lowest BCUT2D eigenvalue weighted by Crippen LogP contribution is -2.28. The topological polar surface area (TPSA) is 26.0 Å². The van der Waals surface area contributed by atoms with Gasteiger partial charge in [-0.25, -0.2) is 0 Å². The predicted octanol–water partition coefficient (Wildman–Crippen LogP) is 2.55. The van der Waals surface area contributed by atoms with Crippen molar-refractivity contribution in [1.82, 2.24) is 0 Å². The second kappa shape index (κ2) is 5.55. The van der Waals surface area contributed by atoms with Gasteiger partial charge in [0, 0.05) is 6.54 Å². The Kier molecular flexibility index (Phi) is 5.51. The molecule has 0 unspecified atom stereocenters. The van der Waals surface area contributed by atoms with Crippen LogP contribution in [0.3, 0.4) is 0 Å². The molecule has 0 atom stereocenters. The van der Waals surface area contributed by atoms with E-state index < -0.39 is 8.07 Å². The van der Waals surface area contributed by atoms with Gasteiger partial charge in [0.25, 0.3) is 0 Å².